The highest BCUT2D eigenvalue weighted by Crippen LogP contribution is 2.44. The van der Waals surface area contributed by atoms with Gasteiger partial charge in [0.1, 0.15) is 18.0 Å². The maximum atomic E-state index is 11.9. The average Bonchev–Trinajstić information content (AvgIpc) is 3.00. The maximum absolute atomic E-state index is 11.9. The molecule has 0 saturated carbocycles. The van der Waals surface area contributed by atoms with Crippen LogP contribution in [0.4, 0.5) is 0 Å². The second-order valence-electron chi connectivity index (χ2n) is 12.9. The van der Waals surface area contributed by atoms with E-state index in [9.17, 15) is 9.59 Å². The zero-order chi connectivity index (χ0) is 34.0. The van der Waals surface area contributed by atoms with E-state index in [-0.39, 0.29) is 24.2 Å². The summed E-state index contributed by atoms with van der Waals surface area (Å²) in [5.74, 6) is 0.858. The molecular formula is C37H59ClO6Si. The number of alkyl halides is 1. The van der Waals surface area contributed by atoms with Gasteiger partial charge in [0.05, 0.1) is 33.5 Å². The van der Waals surface area contributed by atoms with Gasteiger partial charge in [-0.3, -0.25) is 9.59 Å². The molecule has 0 fully saturated rings. The van der Waals surface area contributed by atoms with Gasteiger partial charge in [-0.2, -0.15) is 0 Å². The summed E-state index contributed by atoms with van der Waals surface area (Å²) in [6.07, 6.45) is 10.8. The van der Waals surface area contributed by atoms with Gasteiger partial charge in [0, 0.05) is 12.3 Å². The van der Waals surface area contributed by atoms with E-state index in [0.29, 0.717) is 48.6 Å². The molecule has 1 aromatic carbocycles. The lowest BCUT2D eigenvalue weighted by molar-refractivity contribution is -0.143. The topological polar surface area (TPSA) is 71.1 Å². The number of benzene rings is 1. The second kappa shape index (κ2) is 21.6. The molecule has 1 rings (SSSR count). The fraction of sp³-hybridized carbons (Fsp3) is 0.622. The van der Waals surface area contributed by atoms with Gasteiger partial charge < -0.3 is 18.6 Å². The molecule has 0 aliphatic rings. The molecule has 45 heavy (non-hydrogen) atoms. The SMILES string of the molecule is COC(=O)CC(=O)CC/C=C\C=C\[C@H](C)[C@H](CC/C(C)=C(\CCl)COCc1ccc(OC)cc1)O[Si](C(C)C)(C(C)C)C(C)C. The Kier molecular flexibility index (Phi) is 19.6. The van der Waals surface area contributed by atoms with Crippen molar-refractivity contribution in [2.75, 3.05) is 26.7 Å². The molecule has 0 unspecified atom stereocenters. The molecule has 6 nitrogen and oxygen atoms in total. The summed E-state index contributed by atoms with van der Waals surface area (Å²) < 4.78 is 23.2. The van der Waals surface area contributed by atoms with Gasteiger partial charge in [0.15, 0.2) is 0 Å². The molecule has 254 valence electrons. The van der Waals surface area contributed by atoms with Gasteiger partial charge in [-0.25, -0.2) is 0 Å². The third-order valence-corrected chi connectivity index (χ3v) is 15.2. The van der Waals surface area contributed by atoms with Crippen LogP contribution in [0.25, 0.3) is 0 Å². The number of ether oxygens (including phenoxy) is 3. The lowest BCUT2D eigenvalue weighted by atomic mass is 9.96. The molecule has 0 saturated heterocycles. The molecule has 0 amide bonds. The Morgan fingerprint density at radius 2 is 1.53 bits per heavy atom. The van der Waals surface area contributed by atoms with E-state index in [1.54, 1.807) is 7.11 Å². The number of halogens is 1. The zero-order valence-electron chi connectivity index (χ0n) is 29.5. The van der Waals surface area contributed by atoms with E-state index in [4.69, 9.17) is 25.5 Å². The van der Waals surface area contributed by atoms with Crippen LogP contribution in [0, 0.1) is 5.92 Å². The number of ketones is 1. The van der Waals surface area contributed by atoms with Gasteiger partial charge in [-0.15, -0.1) is 11.6 Å². The monoisotopic (exact) mass is 662 g/mol. The summed E-state index contributed by atoms with van der Waals surface area (Å²) in [5.41, 5.74) is 4.93. The van der Waals surface area contributed by atoms with Crippen LogP contribution in [0.3, 0.4) is 0 Å². The van der Waals surface area contributed by atoms with E-state index < -0.39 is 14.3 Å². The first-order valence-corrected chi connectivity index (χ1v) is 19.0. The van der Waals surface area contributed by atoms with Crippen molar-refractivity contribution in [3.05, 3.63) is 65.3 Å². The highest BCUT2D eigenvalue weighted by Gasteiger charge is 2.47. The number of Topliss-reactive ketones (excluding diaryl/α,β-unsaturated/α-hetero) is 1. The van der Waals surface area contributed by atoms with Crippen LogP contribution >= 0.6 is 11.6 Å². The van der Waals surface area contributed by atoms with Crippen LogP contribution in [0.1, 0.15) is 93.1 Å². The van der Waals surface area contributed by atoms with E-state index in [1.807, 2.05) is 36.4 Å². The minimum absolute atomic E-state index is 0.0573. The number of carbonyl (C=O) groups excluding carboxylic acids is 2. The van der Waals surface area contributed by atoms with Crippen molar-refractivity contribution in [1.82, 2.24) is 0 Å². The quantitative estimate of drug-likeness (QED) is 0.0307. The summed E-state index contributed by atoms with van der Waals surface area (Å²) in [6.45, 7) is 19.4. The van der Waals surface area contributed by atoms with Crippen molar-refractivity contribution in [3.8, 4) is 5.75 Å². The predicted molar refractivity (Wildman–Crippen MR) is 190 cm³/mol. The Balaban J connectivity index is 3.02. The number of esters is 1. The van der Waals surface area contributed by atoms with Gasteiger partial charge in [0.2, 0.25) is 8.32 Å². The number of hydrogen-bond donors (Lipinski definition) is 0. The summed E-state index contributed by atoms with van der Waals surface area (Å²) in [7, 11) is 0.838. The zero-order valence-corrected chi connectivity index (χ0v) is 31.2. The van der Waals surface area contributed by atoms with Gasteiger partial charge in [-0.05, 0) is 72.0 Å². The third kappa shape index (κ3) is 14.0. The lowest BCUT2D eigenvalue weighted by Gasteiger charge is -2.45. The van der Waals surface area contributed by atoms with Crippen LogP contribution in [-0.4, -0.2) is 52.9 Å². The second-order valence-corrected chi connectivity index (χ2v) is 18.5. The first-order chi connectivity index (χ1) is 21.3. The van der Waals surface area contributed by atoms with E-state index in [2.05, 4.69) is 72.3 Å². The third-order valence-electron chi connectivity index (χ3n) is 8.74. The number of methoxy groups -OCH3 is 2. The number of allylic oxidation sites excluding steroid dienone is 4. The van der Waals surface area contributed by atoms with Crippen molar-refractivity contribution in [3.63, 3.8) is 0 Å². The Hall–Kier alpha value is -2.19. The molecule has 1 aromatic rings. The van der Waals surface area contributed by atoms with Crippen LogP contribution in [0.15, 0.2) is 59.7 Å². The van der Waals surface area contributed by atoms with E-state index in [0.717, 1.165) is 29.7 Å². The highest BCUT2D eigenvalue weighted by atomic mass is 35.5. The van der Waals surface area contributed by atoms with Crippen LogP contribution in [0.5, 0.6) is 5.75 Å². The Bertz CT molecular complexity index is 1080. The largest absolute Gasteiger partial charge is 0.497 e. The molecule has 2 atom stereocenters. The Morgan fingerprint density at radius 3 is 2.07 bits per heavy atom. The van der Waals surface area contributed by atoms with Crippen LogP contribution in [-0.2, 0) is 30.1 Å². The van der Waals surface area contributed by atoms with Crippen LogP contribution in [0.2, 0.25) is 16.6 Å². The molecule has 0 N–H and O–H groups in total. The van der Waals surface area contributed by atoms with Gasteiger partial charge in [0.25, 0.3) is 0 Å². The van der Waals surface area contributed by atoms with Gasteiger partial charge >= 0.3 is 5.97 Å². The smallest absolute Gasteiger partial charge is 0.313 e. The minimum Gasteiger partial charge on any atom is -0.497 e. The molecule has 0 bridgehead atoms. The Morgan fingerprint density at radius 1 is 0.911 bits per heavy atom. The summed E-state index contributed by atoms with van der Waals surface area (Å²) >= 11 is 6.41. The molecule has 0 aliphatic heterocycles. The molecule has 0 spiro atoms. The summed E-state index contributed by atoms with van der Waals surface area (Å²) in [5, 5.41) is 0. The maximum Gasteiger partial charge on any atom is 0.313 e. The minimum atomic E-state index is -2.12. The summed E-state index contributed by atoms with van der Waals surface area (Å²) in [4.78, 5) is 23.2. The molecule has 0 aromatic heterocycles. The van der Waals surface area contributed by atoms with Crippen molar-refractivity contribution in [1.29, 1.82) is 0 Å². The standard InChI is InChI=1S/C37H59ClO6Si/c1-27(2)45(28(3)4,29(5)6)44-36(31(8)15-13-11-12-14-16-34(39)23-37(40)42-10)22-17-30(7)33(24-38)26-43-25-32-18-20-35(41-9)21-19-32/h11-13,15,18-21,27-29,31,36H,14,16-17,22-26H2,1-10H3/b12-11-,15-13+,33-30+/t31-,36-/m0/s1. The van der Waals surface area contributed by atoms with Gasteiger partial charge in [-0.1, -0.05) is 90.5 Å². The van der Waals surface area contributed by atoms with E-state index in [1.165, 1.54) is 12.7 Å². The first-order valence-electron chi connectivity index (χ1n) is 16.4. The first kappa shape index (κ1) is 40.8. The number of rotatable bonds is 22. The molecule has 0 radical (unpaired) electrons. The highest BCUT2D eigenvalue weighted by molar-refractivity contribution is 6.77. The van der Waals surface area contributed by atoms with Crippen molar-refractivity contribution in [2.24, 2.45) is 5.92 Å². The van der Waals surface area contributed by atoms with Crippen molar-refractivity contribution < 1.29 is 28.2 Å². The lowest BCUT2D eigenvalue weighted by Crippen LogP contribution is -2.51. The molecule has 8 heteroatoms. The van der Waals surface area contributed by atoms with E-state index >= 15 is 0 Å². The summed E-state index contributed by atoms with van der Waals surface area (Å²) in [6, 6.07) is 7.91. The van der Waals surface area contributed by atoms with Crippen LogP contribution < -0.4 is 4.74 Å². The molecule has 0 aliphatic carbocycles. The molecular weight excluding hydrogens is 604 g/mol. The predicted octanol–water partition coefficient (Wildman–Crippen LogP) is 9.77. The fourth-order valence-corrected chi connectivity index (χ4v) is 12.0. The average molecular weight is 663 g/mol. The normalized spacial score (nSPS) is 14.4. The molecule has 0 heterocycles. The van der Waals surface area contributed by atoms with Crippen molar-refractivity contribution >= 4 is 31.7 Å². The fourth-order valence-electron chi connectivity index (χ4n) is 6.03. The Labute approximate surface area is 279 Å². The number of hydrogen-bond acceptors (Lipinski definition) is 6. The number of carbonyl (C=O) groups is 2. The van der Waals surface area contributed by atoms with Crippen molar-refractivity contribution in [2.45, 2.75) is 117 Å².